The number of nitrogens with zero attached hydrogens (tertiary/aromatic N) is 1. The quantitative estimate of drug-likeness (QED) is 0.478. The second kappa shape index (κ2) is 3.58. The molecule has 0 radical (unpaired) electrons. The Morgan fingerprint density at radius 2 is 2.23 bits per heavy atom. The van der Waals surface area contributed by atoms with E-state index in [9.17, 15) is 4.79 Å². The van der Waals surface area contributed by atoms with Crippen LogP contribution >= 0.6 is 0 Å². The predicted octanol–water partition coefficient (Wildman–Crippen LogP) is 1.46. The number of Topliss-reactive ketones (excluding diaryl/α,β-unsaturated/α-hetero) is 1. The minimum Gasteiger partial charge on any atom is -0.361 e. The van der Waals surface area contributed by atoms with Gasteiger partial charge in [-0.3, -0.25) is 9.79 Å². The summed E-state index contributed by atoms with van der Waals surface area (Å²) in [5.41, 5.74) is -0.555. The number of rotatable bonds is 5. The Hall–Kier alpha value is -0.700. The van der Waals surface area contributed by atoms with Crippen molar-refractivity contribution in [2.75, 3.05) is 6.61 Å². The maximum atomic E-state index is 11.7. The lowest BCUT2D eigenvalue weighted by atomic mass is 9.94. The van der Waals surface area contributed by atoms with Gasteiger partial charge in [0.05, 0.1) is 6.61 Å². The largest absolute Gasteiger partial charge is 0.361 e. The number of carbonyl (C=O) groups excluding carboxylic acids is 1. The number of hydrogen-bond acceptors (Lipinski definition) is 3. The highest BCUT2D eigenvalue weighted by atomic mass is 16.6. The summed E-state index contributed by atoms with van der Waals surface area (Å²) in [6.45, 7) is 9.94. The van der Waals surface area contributed by atoms with Crippen molar-refractivity contribution in [3.8, 4) is 0 Å². The Morgan fingerprint density at radius 1 is 1.69 bits per heavy atom. The molecule has 0 amide bonds. The number of hydrogen-bond donors (Lipinski definition) is 0. The van der Waals surface area contributed by atoms with E-state index in [1.54, 1.807) is 0 Å². The number of epoxide rings is 1. The molecule has 0 saturated carbocycles. The highest BCUT2D eigenvalue weighted by Gasteiger charge is 2.49. The molecular weight excluding hydrogens is 166 g/mol. The van der Waals surface area contributed by atoms with E-state index in [0.29, 0.717) is 12.5 Å². The fourth-order valence-electron chi connectivity index (χ4n) is 1.31. The second-order valence-electron chi connectivity index (χ2n) is 4.21. The van der Waals surface area contributed by atoms with Gasteiger partial charge in [-0.05, 0) is 26.0 Å². The molecule has 0 aromatic heterocycles. The first-order valence-electron chi connectivity index (χ1n) is 4.63. The van der Waals surface area contributed by atoms with Crippen LogP contribution in [0.2, 0.25) is 0 Å². The summed E-state index contributed by atoms with van der Waals surface area (Å²) in [7, 11) is 0. The summed E-state index contributed by atoms with van der Waals surface area (Å²) in [5, 5.41) is 0. The lowest BCUT2D eigenvalue weighted by Gasteiger charge is -2.14. The molecule has 1 aliphatic heterocycles. The highest BCUT2D eigenvalue weighted by Crippen LogP contribution is 2.30. The van der Waals surface area contributed by atoms with Gasteiger partial charge in [-0.1, -0.05) is 13.8 Å². The van der Waals surface area contributed by atoms with Crippen molar-refractivity contribution in [1.82, 2.24) is 0 Å². The van der Waals surface area contributed by atoms with Gasteiger partial charge in [0.25, 0.3) is 0 Å². The predicted molar refractivity (Wildman–Crippen MR) is 52.2 cm³/mol. The zero-order chi connectivity index (χ0) is 10.1. The van der Waals surface area contributed by atoms with Crippen molar-refractivity contribution < 1.29 is 9.53 Å². The maximum absolute atomic E-state index is 11.7. The monoisotopic (exact) mass is 183 g/mol. The molecule has 0 spiro atoms. The minimum atomic E-state index is -0.555. The molecule has 74 valence electrons. The van der Waals surface area contributed by atoms with Crippen molar-refractivity contribution in [2.24, 2.45) is 10.9 Å². The molecule has 0 aliphatic carbocycles. The Morgan fingerprint density at radius 3 is 2.54 bits per heavy atom. The summed E-state index contributed by atoms with van der Waals surface area (Å²) >= 11 is 0. The molecule has 1 heterocycles. The molecule has 1 unspecified atom stereocenters. The Bertz CT molecular complexity index is 219. The van der Waals surface area contributed by atoms with E-state index in [1.165, 1.54) is 0 Å². The first-order chi connectivity index (χ1) is 5.99. The summed E-state index contributed by atoms with van der Waals surface area (Å²) in [4.78, 5) is 15.6. The number of ether oxygens (including phenoxy) is 1. The molecule has 1 rings (SSSR count). The standard InChI is InChI=1S/C10H17NO2/c1-7(2)5-8(11-4)9(12)10(3)6-13-10/h7-8H,4-6H2,1-3H3/t8?,10-/m1/s1. The summed E-state index contributed by atoms with van der Waals surface area (Å²) < 4.78 is 5.08. The lowest BCUT2D eigenvalue weighted by Crippen LogP contribution is -2.32. The van der Waals surface area contributed by atoms with Crippen LogP contribution in [0.1, 0.15) is 27.2 Å². The molecule has 0 N–H and O–H groups in total. The van der Waals surface area contributed by atoms with Gasteiger partial charge in [0.2, 0.25) is 0 Å². The van der Waals surface area contributed by atoms with Crippen LogP contribution in [0.4, 0.5) is 0 Å². The normalized spacial score (nSPS) is 28.6. The summed E-state index contributed by atoms with van der Waals surface area (Å²) in [6.07, 6.45) is 0.765. The van der Waals surface area contributed by atoms with Crippen LogP contribution in [0.5, 0.6) is 0 Å². The van der Waals surface area contributed by atoms with Crippen molar-refractivity contribution >= 4 is 12.5 Å². The van der Waals surface area contributed by atoms with E-state index < -0.39 is 5.60 Å². The van der Waals surface area contributed by atoms with E-state index in [2.05, 4.69) is 25.6 Å². The van der Waals surface area contributed by atoms with Gasteiger partial charge < -0.3 is 4.74 Å². The van der Waals surface area contributed by atoms with Gasteiger partial charge in [-0.2, -0.15) is 0 Å². The van der Waals surface area contributed by atoms with Crippen molar-refractivity contribution in [2.45, 2.75) is 38.8 Å². The summed E-state index contributed by atoms with van der Waals surface area (Å²) in [5.74, 6) is 0.540. The van der Waals surface area contributed by atoms with Crippen LogP contribution in [-0.4, -0.2) is 30.8 Å². The third kappa shape index (κ3) is 2.37. The molecule has 1 saturated heterocycles. The van der Waals surface area contributed by atoms with Crippen molar-refractivity contribution in [1.29, 1.82) is 0 Å². The molecule has 1 aliphatic rings. The third-order valence-corrected chi connectivity index (χ3v) is 2.32. The average molecular weight is 183 g/mol. The zero-order valence-corrected chi connectivity index (χ0v) is 8.54. The van der Waals surface area contributed by atoms with Gasteiger partial charge in [-0.25, -0.2) is 0 Å². The van der Waals surface area contributed by atoms with Crippen LogP contribution in [0.15, 0.2) is 4.99 Å². The van der Waals surface area contributed by atoms with Crippen molar-refractivity contribution in [3.05, 3.63) is 0 Å². The minimum absolute atomic E-state index is 0.0798. The number of aliphatic imine (C=N–C) groups is 1. The fourth-order valence-corrected chi connectivity index (χ4v) is 1.31. The Balaban J connectivity index is 2.56. The van der Waals surface area contributed by atoms with Crippen LogP contribution < -0.4 is 0 Å². The second-order valence-corrected chi connectivity index (χ2v) is 4.21. The fraction of sp³-hybridized carbons (Fsp3) is 0.800. The molecule has 3 heteroatoms. The van der Waals surface area contributed by atoms with Crippen molar-refractivity contribution in [3.63, 3.8) is 0 Å². The molecule has 3 nitrogen and oxygen atoms in total. The van der Waals surface area contributed by atoms with E-state index in [0.717, 1.165) is 6.42 Å². The molecule has 13 heavy (non-hydrogen) atoms. The Labute approximate surface area is 79.2 Å². The van der Waals surface area contributed by atoms with Gasteiger partial charge in [0, 0.05) is 0 Å². The molecule has 2 atom stereocenters. The number of carbonyl (C=O) groups is 1. The van der Waals surface area contributed by atoms with E-state index in [-0.39, 0.29) is 11.8 Å². The lowest BCUT2D eigenvalue weighted by molar-refractivity contribution is -0.125. The topological polar surface area (TPSA) is 42.0 Å². The van der Waals surface area contributed by atoms with E-state index in [1.807, 2.05) is 6.92 Å². The molecule has 0 aromatic carbocycles. The third-order valence-electron chi connectivity index (χ3n) is 2.32. The molecular formula is C10H17NO2. The van der Waals surface area contributed by atoms with E-state index >= 15 is 0 Å². The Kier molecular flexibility index (Phi) is 2.86. The van der Waals surface area contributed by atoms with Gasteiger partial charge in [0.1, 0.15) is 11.6 Å². The van der Waals surface area contributed by atoms with E-state index in [4.69, 9.17) is 4.74 Å². The summed E-state index contributed by atoms with van der Waals surface area (Å²) in [6, 6.07) is -0.285. The molecule has 0 bridgehead atoms. The highest BCUT2D eigenvalue weighted by molar-refractivity contribution is 5.94. The van der Waals surface area contributed by atoms with Gasteiger partial charge in [-0.15, -0.1) is 0 Å². The SMILES string of the molecule is C=NC(CC(C)C)C(=O)[C@@]1(C)CO1. The van der Waals surface area contributed by atoms with Crippen LogP contribution in [-0.2, 0) is 9.53 Å². The first-order valence-corrected chi connectivity index (χ1v) is 4.63. The van der Waals surface area contributed by atoms with Crippen LogP contribution in [0.25, 0.3) is 0 Å². The molecule has 1 fully saturated rings. The average Bonchev–Trinajstić information content (AvgIpc) is 2.79. The van der Waals surface area contributed by atoms with Crippen LogP contribution in [0.3, 0.4) is 0 Å². The molecule has 0 aromatic rings. The maximum Gasteiger partial charge on any atom is 0.191 e. The first kappa shape index (κ1) is 10.4. The number of ketones is 1. The smallest absolute Gasteiger partial charge is 0.191 e. The van der Waals surface area contributed by atoms with Gasteiger partial charge >= 0.3 is 0 Å². The zero-order valence-electron chi connectivity index (χ0n) is 8.54. The van der Waals surface area contributed by atoms with Gasteiger partial charge in [0.15, 0.2) is 5.78 Å². The van der Waals surface area contributed by atoms with Crippen LogP contribution in [0, 0.1) is 5.92 Å².